The summed E-state index contributed by atoms with van der Waals surface area (Å²) in [5.74, 6) is -2.24. The molecule has 2 rings (SSSR count). The zero-order valence-corrected chi connectivity index (χ0v) is 8.87. The molecular formula is C11H11F2NO3. The van der Waals surface area contributed by atoms with Crippen molar-refractivity contribution in [3.63, 3.8) is 0 Å². The van der Waals surface area contributed by atoms with Crippen LogP contribution >= 0.6 is 0 Å². The van der Waals surface area contributed by atoms with E-state index in [9.17, 15) is 13.6 Å². The highest BCUT2D eigenvalue weighted by molar-refractivity contribution is 5.67. The van der Waals surface area contributed by atoms with E-state index < -0.39 is 17.6 Å². The van der Waals surface area contributed by atoms with Gasteiger partial charge in [-0.15, -0.1) is 0 Å². The van der Waals surface area contributed by atoms with E-state index in [0.717, 1.165) is 12.1 Å². The molecule has 0 aromatic heterocycles. The Kier molecular flexibility index (Phi) is 3.12. The Morgan fingerprint density at radius 3 is 3.00 bits per heavy atom. The zero-order valence-electron chi connectivity index (χ0n) is 8.87. The summed E-state index contributed by atoms with van der Waals surface area (Å²) in [7, 11) is 0. The first-order valence-corrected chi connectivity index (χ1v) is 5.16. The summed E-state index contributed by atoms with van der Waals surface area (Å²) in [5.41, 5.74) is 0.0908. The lowest BCUT2D eigenvalue weighted by molar-refractivity contribution is -0.137. The Morgan fingerprint density at radius 1 is 1.53 bits per heavy atom. The number of hydrogen-bond acceptors (Lipinski definition) is 3. The van der Waals surface area contributed by atoms with Gasteiger partial charge < -0.3 is 15.2 Å². The third kappa shape index (κ3) is 2.64. The van der Waals surface area contributed by atoms with Crippen molar-refractivity contribution in [2.75, 3.05) is 11.9 Å². The number of halogens is 2. The second kappa shape index (κ2) is 4.57. The summed E-state index contributed by atoms with van der Waals surface area (Å²) in [4.78, 5) is 10.4. The monoisotopic (exact) mass is 243 g/mol. The van der Waals surface area contributed by atoms with Crippen LogP contribution in [0.2, 0.25) is 0 Å². The summed E-state index contributed by atoms with van der Waals surface area (Å²) in [6, 6.07) is 1.58. The van der Waals surface area contributed by atoms with Crippen molar-refractivity contribution in [1.82, 2.24) is 0 Å². The van der Waals surface area contributed by atoms with Crippen LogP contribution in [0.15, 0.2) is 12.1 Å². The predicted octanol–water partition coefficient (Wildman–Crippen LogP) is 2.00. The first-order valence-electron chi connectivity index (χ1n) is 5.16. The Morgan fingerprint density at radius 2 is 2.29 bits per heavy atom. The van der Waals surface area contributed by atoms with Crippen molar-refractivity contribution in [3.05, 3.63) is 23.8 Å². The molecule has 17 heavy (non-hydrogen) atoms. The Labute approximate surface area is 96.2 Å². The molecule has 0 saturated heterocycles. The summed E-state index contributed by atoms with van der Waals surface area (Å²) in [6.45, 7) is 0.198. The minimum absolute atomic E-state index is 0.0286. The fourth-order valence-corrected chi connectivity index (χ4v) is 1.69. The molecule has 1 aromatic rings. The van der Waals surface area contributed by atoms with E-state index in [-0.39, 0.29) is 30.5 Å². The fourth-order valence-electron chi connectivity index (χ4n) is 1.69. The van der Waals surface area contributed by atoms with Gasteiger partial charge in [-0.25, -0.2) is 8.78 Å². The van der Waals surface area contributed by atoms with Gasteiger partial charge in [-0.3, -0.25) is 4.79 Å². The molecule has 0 radical (unpaired) electrons. The fraction of sp³-hybridized carbons (Fsp3) is 0.364. The van der Waals surface area contributed by atoms with Crippen molar-refractivity contribution in [2.24, 2.45) is 0 Å². The highest BCUT2D eigenvalue weighted by atomic mass is 19.1. The molecule has 1 aromatic carbocycles. The topological polar surface area (TPSA) is 58.6 Å². The average molecular weight is 243 g/mol. The molecule has 0 fully saturated rings. The lowest BCUT2D eigenvalue weighted by atomic mass is 10.1. The SMILES string of the molecule is O=C(O)CCC1COc2cc(F)cc(F)c2N1. The molecule has 2 N–H and O–H groups in total. The van der Waals surface area contributed by atoms with Crippen LogP contribution in [0.3, 0.4) is 0 Å². The van der Waals surface area contributed by atoms with Crippen LogP contribution in [0.5, 0.6) is 5.75 Å². The normalized spacial score (nSPS) is 17.9. The van der Waals surface area contributed by atoms with Gasteiger partial charge in [0.15, 0.2) is 5.82 Å². The number of ether oxygens (including phenoxy) is 1. The Bertz CT molecular complexity index is 451. The maximum absolute atomic E-state index is 13.4. The number of hydrogen-bond donors (Lipinski definition) is 2. The van der Waals surface area contributed by atoms with Gasteiger partial charge in [-0.2, -0.15) is 0 Å². The molecule has 1 heterocycles. The van der Waals surface area contributed by atoms with Crippen LogP contribution in [-0.4, -0.2) is 23.7 Å². The first kappa shape index (κ1) is 11.6. The van der Waals surface area contributed by atoms with E-state index in [4.69, 9.17) is 9.84 Å². The average Bonchev–Trinajstić information content (AvgIpc) is 2.26. The summed E-state index contributed by atoms with van der Waals surface area (Å²) in [5, 5.41) is 11.4. The van der Waals surface area contributed by atoms with Gasteiger partial charge in [0.2, 0.25) is 0 Å². The molecule has 1 aliphatic heterocycles. The number of nitrogens with one attached hydrogen (secondary N) is 1. The van der Waals surface area contributed by atoms with E-state index >= 15 is 0 Å². The molecular weight excluding hydrogens is 232 g/mol. The summed E-state index contributed by atoms with van der Waals surface area (Å²) in [6.07, 6.45) is 0.296. The molecule has 1 atom stereocenters. The molecule has 0 saturated carbocycles. The molecule has 0 aliphatic carbocycles. The number of rotatable bonds is 3. The van der Waals surface area contributed by atoms with Gasteiger partial charge >= 0.3 is 5.97 Å². The highest BCUT2D eigenvalue weighted by Gasteiger charge is 2.23. The van der Waals surface area contributed by atoms with Gasteiger partial charge in [0.05, 0.1) is 6.04 Å². The quantitative estimate of drug-likeness (QED) is 0.852. The number of carboxylic acids is 1. The predicted molar refractivity (Wildman–Crippen MR) is 56.1 cm³/mol. The minimum Gasteiger partial charge on any atom is -0.489 e. The molecule has 1 unspecified atom stereocenters. The molecule has 6 heteroatoms. The van der Waals surface area contributed by atoms with Crippen LogP contribution in [0.4, 0.5) is 14.5 Å². The maximum atomic E-state index is 13.4. The highest BCUT2D eigenvalue weighted by Crippen LogP contribution is 2.33. The molecule has 92 valence electrons. The second-order valence-electron chi connectivity index (χ2n) is 3.85. The number of fused-ring (bicyclic) bond motifs is 1. The smallest absolute Gasteiger partial charge is 0.303 e. The van der Waals surface area contributed by atoms with Gasteiger partial charge in [0.1, 0.15) is 23.9 Å². The third-order valence-electron chi connectivity index (χ3n) is 2.51. The van der Waals surface area contributed by atoms with Crippen LogP contribution < -0.4 is 10.1 Å². The molecule has 0 spiro atoms. The number of benzene rings is 1. The Balaban J connectivity index is 2.10. The van der Waals surface area contributed by atoms with Gasteiger partial charge in [-0.1, -0.05) is 0 Å². The van der Waals surface area contributed by atoms with Crippen molar-refractivity contribution >= 4 is 11.7 Å². The van der Waals surface area contributed by atoms with Crippen molar-refractivity contribution in [2.45, 2.75) is 18.9 Å². The summed E-state index contributed by atoms with van der Waals surface area (Å²) >= 11 is 0. The van der Waals surface area contributed by atoms with Gasteiger partial charge in [0, 0.05) is 18.6 Å². The molecule has 4 nitrogen and oxygen atoms in total. The van der Waals surface area contributed by atoms with Gasteiger partial charge in [-0.05, 0) is 6.42 Å². The number of anilines is 1. The first-order chi connectivity index (χ1) is 8.06. The van der Waals surface area contributed by atoms with Crippen LogP contribution in [0.25, 0.3) is 0 Å². The van der Waals surface area contributed by atoms with Gasteiger partial charge in [0.25, 0.3) is 0 Å². The van der Waals surface area contributed by atoms with Crippen LogP contribution in [-0.2, 0) is 4.79 Å². The van der Waals surface area contributed by atoms with E-state index in [1.807, 2.05) is 0 Å². The molecule has 0 bridgehead atoms. The van der Waals surface area contributed by atoms with E-state index in [1.165, 1.54) is 0 Å². The van der Waals surface area contributed by atoms with Crippen molar-refractivity contribution in [1.29, 1.82) is 0 Å². The van der Waals surface area contributed by atoms with Crippen LogP contribution in [0.1, 0.15) is 12.8 Å². The number of carbonyl (C=O) groups is 1. The van der Waals surface area contributed by atoms with E-state index in [1.54, 1.807) is 0 Å². The Hall–Kier alpha value is -1.85. The maximum Gasteiger partial charge on any atom is 0.303 e. The van der Waals surface area contributed by atoms with E-state index in [2.05, 4.69) is 5.32 Å². The number of aliphatic carboxylic acids is 1. The second-order valence-corrected chi connectivity index (χ2v) is 3.85. The lowest BCUT2D eigenvalue weighted by Crippen LogP contribution is -2.32. The zero-order chi connectivity index (χ0) is 12.4. The number of carboxylic acid groups (broad SMARTS) is 1. The molecule has 0 amide bonds. The summed E-state index contributed by atoms with van der Waals surface area (Å²) < 4.78 is 31.5. The largest absolute Gasteiger partial charge is 0.489 e. The van der Waals surface area contributed by atoms with Crippen LogP contribution in [0, 0.1) is 11.6 Å². The minimum atomic E-state index is -0.919. The standard InChI is InChI=1S/C11H11F2NO3/c12-6-3-8(13)11-9(4-6)17-5-7(14-11)1-2-10(15)16/h3-4,7,14H,1-2,5H2,(H,15,16). The van der Waals surface area contributed by atoms with Crippen molar-refractivity contribution in [3.8, 4) is 5.75 Å². The lowest BCUT2D eigenvalue weighted by Gasteiger charge is -2.27. The molecule has 1 aliphatic rings. The third-order valence-corrected chi connectivity index (χ3v) is 2.51. The van der Waals surface area contributed by atoms with Crippen molar-refractivity contribution < 1.29 is 23.4 Å². The van der Waals surface area contributed by atoms with E-state index in [0.29, 0.717) is 6.42 Å².